The summed E-state index contributed by atoms with van der Waals surface area (Å²) in [4.78, 5) is 0.408. The zero-order valence-electron chi connectivity index (χ0n) is 11.3. The number of benzene rings is 1. The van der Waals surface area contributed by atoms with Crippen molar-refractivity contribution in [1.29, 1.82) is 0 Å². The Morgan fingerprint density at radius 3 is 2.42 bits per heavy atom. The van der Waals surface area contributed by atoms with E-state index in [1.165, 1.54) is 0 Å². The lowest BCUT2D eigenvalue weighted by Crippen LogP contribution is -2.38. The average Bonchev–Trinajstić information content (AvgIpc) is 2.39. The lowest BCUT2D eigenvalue weighted by atomic mass is 10.1. The lowest BCUT2D eigenvalue weighted by molar-refractivity contribution is 0.443. The van der Waals surface area contributed by atoms with Gasteiger partial charge in [-0.25, -0.2) is 8.42 Å². The summed E-state index contributed by atoms with van der Waals surface area (Å²) in [6.07, 6.45) is 0. The molecule has 1 fully saturated rings. The Kier molecular flexibility index (Phi) is 4.55. The Labute approximate surface area is 119 Å². The number of nitrogens with two attached hydrogens (primary N) is 1. The van der Waals surface area contributed by atoms with Crippen LogP contribution in [0.1, 0.15) is 16.7 Å². The molecule has 0 unspecified atom stereocenters. The molecule has 1 heterocycles. The van der Waals surface area contributed by atoms with Crippen LogP contribution in [0, 0.1) is 13.8 Å². The van der Waals surface area contributed by atoms with Gasteiger partial charge in [0.15, 0.2) is 0 Å². The predicted molar refractivity (Wildman–Crippen MR) is 79.9 cm³/mol. The van der Waals surface area contributed by atoms with Crippen LogP contribution in [0.4, 0.5) is 0 Å². The van der Waals surface area contributed by atoms with Gasteiger partial charge in [0, 0.05) is 31.1 Å². The Morgan fingerprint density at radius 2 is 1.84 bits per heavy atom. The quantitative estimate of drug-likeness (QED) is 0.919. The molecule has 1 aromatic rings. The summed E-state index contributed by atoms with van der Waals surface area (Å²) < 4.78 is 26.9. The van der Waals surface area contributed by atoms with Crippen molar-refractivity contribution >= 4 is 21.8 Å². The monoisotopic (exact) mass is 300 g/mol. The van der Waals surface area contributed by atoms with Gasteiger partial charge in [-0.05, 0) is 36.6 Å². The Balaban J connectivity index is 2.44. The van der Waals surface area contributed by atoms with Crippen LogP contribution in [0.25, 0.3) is 0 Å². The van der Waals surface area contributed by atoms with E-state index in [-0.39, 0.29) is 0 Å². The van der Waals surface area contributed by atoms with Gasteiger partial charge in [0.2, 0.25) is 10.0 Å². The Bertz CT molecular complexity index is 564. The van der Waals surface area contributed by atoms with Crippen molar-refractivity contribution < 1.29 is 8.42 Å². The Hall–Kier alpha value is -0.560. The van der Waals surface area contributed by atoms with E-state index >= 15 is 0 Å². The van der Waals surface area contributed by atoms with Crippen LogP contribution in [0.15, 0.2) is 17.0 Å². The fourth-order valence-corrected chi connectivity index (χ4v) is 5.13. The summed E-state index contributed by atoms with van der Waals surface area (Å²) in [6.45, 7) is 5.36. The van der Waals surface area contributed by atoms with E-state index in [4.69, 9.17) is 5.73 Å². The fourth-order valence-electron chi connectivity index (χ4n) is 2.30. The number of sulfonamides is 1. The molecule has 4 nitrogen and oxygen atoms in total. The van der Waals surface area contributed by atoms with Crippen molar-refractivity contribution in [3.05, 3.63) is 28.8 Å². The van der Waals surface area contributed by atoms with E-state index in [1.54, 1.807) is 22.1 Å². The van der Waals surface area contributed by atoms with Crippen LogP contribution in [-0.2, 0) is 16.6 Å². The number of rotatable bonds is 3. The van der Waals surface area contributed by atoms with Gasteiger partial charge in [0.1, 0.15) is 0 Å². The van der Waals surface area contributed by atoms with Gasteiger partial charge in [0.05, 0.1) is 4.90 Å². The zero-order chi connectivity index (χ0) is 14.0. The second-order valence-corrected chi connectivity index (χ2v) is 7.90. The minimum Gasteiger partial charge on any atom is -0.326 e. The molecule has 0 saturated carbocycles. The Morgan fingerprint density at radius 1 is 1.21 bits per heavy atom. The van der Waals surface area contributed by atoms with E-state index < -0.39 is 10.0 Å². The first-order valence-corrected chi connectivity index (χ1v) is 8.94. The van der Waals surface area contributed by atoms with Crippen molar-refractivity contribution in [2.24, 2.45) is 5.73 Å². The molecule has 106 valence electrons. The predicted octanol–water partition coefficient (Wildman–Crippen LogP) is 1.50. The van der Waals surface area contributed by atoms with E-state index in [0.717, 1.165) is 28.2 Å². The molecule has 0 bridgehead atoms. The maximum atomic E-state index is 12.7. The van der Waals surface area contributed by atoms with Gasteiger partial charge < -0.3 is 5.73 Å². The normalized spacial score (nSPS) is 17.6. The van der Waals surface area contributed by atoms with E-state index in [9.17, 15) is 8.42 Å². The molecule has 2 rings (SSSR count). The molecule has 0 atom stereocenters. The number of thioether (sulfide) groups is 1. The summed E-state index contributed by atoms with van der Waals surface area (Å²) in [5, 5.41) is 0. The first-order valence-electron chi connectivity index (χ1n) is 6.35. The number of hydrogen-bond acceptors (Lipinski definition) is 4. The van der Waals surface area contributed by atoms with Gasteiger partial charge in [-0.15, -0.1) is 0 Å². The van der Waals surface area contributed by atoms with E-state index in [0.29, 0.717) is 24.5 Å². The molecular weight excluding hydrogens is 280 g/mol. The molecule has 0 aromatic heterocycles. The lowest BCUT2D eigenvalue weighted by Gasteiger charge is -2.26. The molecule has 1 aliphatic heterocycles. The van der Waals surface area contributed by atoms with Gasteiger partial charge in [-0.2, -0.15) is 16.1 Å². The van der Waals surface area contributed by atoms with Crippen molar-refractivity contribution in [3.63, 3.8) is 0 Å². The van der Waals surface area contributed by atoms with Crippen molar-refractivity contribution in [1.82, 2.24) is 4.31 Å². The third kappa shape index (κ3) is 2.97. The van der Waals surface area contributed by atoms with Gasteiger partial charge in [0.25, 0.3) is 0 Å². The zero-order valence-corrected chi connectivity index (χ0v) is 13.0. The molecule has 6 heteroatoms. The molecule has 0 spiro atoms. The number of aryl methyl sites for hydroxylation is 2. The van der Waals surface area contributed by atoms with Crippen LogP contribution < -0.4 is 5.73 Å². The molecule has 1 saturated heterocycles. The third-order valence-electron chi connectivity index (χ3n) is 3.44. The highest BCUT2D eigenvalue weighted by Gasteiger charge is 2.27. The van der Waals surface area contributed by atoms with Crippen LogP contribution in [0.3, 0.4) is 0 Å². The summed E-state index contributed by atoms with van der Waals surface area (Å²) in [7, 11) is -3.38. The molecule has 0 aliphatic carbocycles. The highest BCUT2D eigenvalue weighted by atomic mass is 32.2. The molecule has 0 radical (unpaired) electrons. The van der Waals surface area contributed by atoms with Gasteiger partial charge in [-0.3, -0.25) is 0 Å². The maximum Gasteiger partial charge on any atom is 0.243 e. The first kappa shape index (κ1) is 14.8. The van der Waals surface area contributed by atoms with Gasteiger partial charge >= 0.3 is 0 Å². The summed E-state index contributed by atoms with van der Waals surface area (Å²) >= 11 is 1.80. The maximum absolute atomic E-state index is 12.7. The SMILES string of the molecule is Cc1cc(C)c(S(=O)(=O)N2CCSCC2)cc1CN. The minimum atomic E-state index is -3.38. The largest absolute Gasteiger partial charge is 0.326 e. The highest BCUT2D eigenvalue weighted by molar-refractivity contribution is 7.99. The molecule has 19 heavy (non-hydrogen) atoms. The van der Waals surface area contributed by atoms with Crippen LogP contribution in [-0.4, -0.2) is 37.3 Å². The molecule has 1 aliphatic rings. The second-order valence-electron chi connectivity index (χ2n) is 4.76. The summed E-state index contributed by atoms with van der Waals surface area (Å²) in [5.41, 5.74) is 8.43. The van der Waals surface area contributed by atoms with Crippen LogP contribution in [0.5, 0.6) is 0 Å². The molecule has 0 amide bonds. The molecule has 1 aromatic carbocycles. The third-order valence-corrected chi connectivity index (χ3v) is 6.42. The van der Waals surface area contributed by atoms with E-state index in [1.807, 2.05) is 19.9 Å². The number of nitrogens with zero attached hydrogens (tertiary/aromatic N) is 1. The molecule has 2 N–H and O–H groups in total. The van der Waals surface area contributed by atoms with Crippen LogP contribution in [0.2, 0.25) is 0 Å². The average molecular weight is 300 g/mol. The topological polar surface area (TPSA) is 63.4 Å². The minimum absolute atomic E-state index is 0.366. The standard InChI is InChI=1S/C13H20N2O2S2/c1-10-7-11(2)13(8-12(10)9-14)19(16,17)15-3-5-18-6-4-15/h7-8H,3-6,9,14H2,1-2H3. The summed E-state index contributed by atoms with van der Waals surface area (Å²) in [6, 6.07) is 3.65. The van der Waals surface area contributed by atoms with Crippen LogP contribution >= 0.6 is 11.8 Å². The smallest absolute Gasteiger partial charge is 0.243 e. The highest BCUT2D eigenvalue weighted by Crippen LogP contribution is 2.25. The number of hydrogen-bond donors (Lipinski definition) is 1. The van der Waals surface area contributed by atoms with Gasteiger partial charge in [-0.1, -0.05) is 6.07 Å². The van der Waals surface area contributed by atoms with Crippen molar-refractivity contribution in [3.8, 4) is 0 Å². The first-order chi connectivity index (χ1) is 8.96. The molecular formula is C13H20N2O2S2. The fraction of sp³-hybridized carbons (Fsp3) is 0.538. The van der Waals surface area contributed by atoms with Crippen molar-refractivity contribution in [2.45, 2.75) is 25.3 Å². The second kappa shape index (κ2) is 5.83. The summed E-state index contributed by atoms with van der Waals surface area (Å²) in [5.74, 6) is 1.74. The van der Waals surface area contributed by atoms with Crippen molar-refractivity contribution in [2.75, 3.05) is 24.6 Å². The van der Waals surface area contributed by atoms with E-state index in [2.05, 4.69) is 0 Å².